The topological polar surface area (TPSA) is 43.6 Å². The number of nitrogens with zero attached hydrogens (tertiary/aromatic N) is 4. The van der Waals surface area contributed by atoms with E-state index >= 15 is 0 Å². The minimum atomic E-state index is -1.05. The minimum absolute atomic E-state index is 0.665. The van der Waals surface area contributed by atoms with E-state index in [0.717, 1.165) is 21.7 Å². The molecule has 0 N–H and O–H groups in total. The first-order valence-electron chi connectivity index (χ1n) is 18.1. The molecule has 0 radical (unpaired) electrons. The number of benzene rings is 7. The summed E-state index contributed by atoms with van der Waals surface area (Å²) in [6.07, 6.45) is 4.56. The number of hydrogen-bond acceptors (Lipinski definition) is 3. The molecule has 0 saturated carbocycles. The fourth-order valence-electron chi connectivity index (χ4n) is 7.55. The zero-order chi connectivity index (χ0) is 35.8. The van der Waals surface area contributed by atoms with Crippen LogP contribution in [0.15, 0.2) is 205 Å². The van der Waals surface area contributed by atoms with Gasteiger partial charge in [0.15, 0.2) is 17.5 Å². The van der Waals surface area contributed by atoms with Crippen LogP contribution in [0.5, 0.6) is 0 Å². The van der Waals surface area contributed by atoms with Crippen molar-refractivity contribution in [3.63, 3.8) is 0 Å². The third-order valence-corrected chi connectivity index (χ3v) is 12.5. The van der Waals surface area contributed by atoms with Gasteiger partial charge in [-0.3, -0.25) is 0 Å². The number of fused-ring (bicyclic) bond motifs is 3. The van der Waals surface area contributed by atoms with Gasteiger partial charge in [-0.1, -0.05) is 146 Å². The molecule has 2 aromatic heterocycles. The SMILES string of the molecule is C1=C(c2nc(-c3ccccc3)nc(-c3ccccc3)n2)[SH](c2ccccc2)C(c2cccc3c2c2cc(-c4ccccc4)ccc2n3-c2ccccc2)=C1. The Labute approximate surface area is 316 Å². The van der Waals surface area contributed by atoms with Crippen LogP contribution in [0.1, 0.15) is 11.4 Å². The van der Waals surface area contributed by atoms with E-state index in [9.17, 15) is 0 Å². The molecule has 0 spiro atoms. The van der Waals surface area contributed by atoms with Gasteiger partial charge in [-0.25, -0.2) is 15.0 Å². The molecule has 7 aromatic carbocycles. The number of thiol groups is 1. The van der Waals surface area contributed by atoms with Gasteiger partial charge in [-0.2, -0.15) is 10.9 Å². The van der Waals surface area contributed by atoms with E-state index in [1.807, 2.05) is 36.4 Å². The molecule has 3 heterocycles. The van der Waals surface area contributed by atoms with Crippen molar-refractivity contribution in [2.75, 3.05) is 0 Å². The first-order valence-corrected chi connectivity index (χ1v) is 19.5. The second-order valence-corrected chi connectivity index (χ2v) is 15.4. The fraction of sp³-hybridized carbons (Fsp3) is 0. The highest BCUT2D eigenvalue weighted by Crippen LogP contribution is 2.62. The predicted octanol–water partition coefficient (Wildman–Crippen LogP) is 12.4. The Morgan fingerprint density at radius 2 is 0.926 bits per heavy atom. The van der Waals surface area contributed by atoms with Crippen molar-refractivity contribution >= 4 is 42.5 Å². The number of rotatable bonds is 7. The molecular weight excluding hydrogens is 677 g/mol. The lowest BCUT2D eigenvalue weighted by Gasteiger charge is -2.25. The number of aromatic nitrogens is 4. The Morgan fingerprint density at radius 3 is 1.56 bits per heavy atom. The highest BCUT2D eigenvalue weighted by atomic mass is 32.2. The third kappa shape index (κ3) is 5.63. The monoisotopic (exact) mass is 710 g/mol. The van der Waals surface area contributed by atoms with Crippen molar-refractivity contribution in [1.82, 2.24) is 19.5 Å². The van der Waals surface area contributed by atoms with E-state index in [1.165, 1.54) is 48.3 Å². The van der Waals surface area contributed by atoms with Crippen molar-refractivity contribution in [3.05, 3.63) is 212 Å². The summed E-state index contributed by atoms with van der Waals surface area (Å²) >= 11 is 0. The molecule has 0 saturated heterocycles. The van der Waals surface area contributed by atoms with Gasteiger partial charge < -0.3 is 4.57 Å². The van der Waals surface area contributed by atoms with Crippen LogP contribution >= 0.6 is 10.9 Å². The van der Waals surface area contributed by atoms with Crippen LogP contribution in [0, 0.1) is 0 Å². The van der Waals surface area contributed by atoms with Crippen LogP contribution in [0.2, 0.25) is 0 Å². The molecular formula is C49H34N4S. The molecule has 1 unspecified atom stereocenters. The Bertz CT molecular complexity index is 2790. The van der Waals surface area contributed by atoms with Gasteiger partial charge in [-0.15, -0.1) is 0 Å². The summed E-state index contributed by atoms with van der Waals surface area (Å²) in [5.74, 6) is 2.03. The Kier molecular flexibility index (Phi) is 8.04. The normalized spacial score (nSPS) is 14.6. The van der Waals surface area contributed by atoms with Crippen LogP contribution < -0.4 is 0 Å². The highest BCUT2D eigenvalue weighted by Gasteiger charge is 2.29. The second-order valence-electron chi connectivity index (χ2n) is 13.3. The lowest BCUT2D eigenvalue weighted by molar-refractivity contribution is 1.04. The average Bonchev–Trinajstić information content (AvgIpc) is 3.85. The predicted molar refractivity (Wildman–Crippen MR) is 227 cm³/mol. The number of allylic oxidation sites excluding steroid dienone is 2. The summed E-state index contributed by atoms with van der Waals surface area (Å²) in [4.78, 5) is 19.0. The number of para-hydroxylation sites is 1. The molecule has 0 aliphatic carbocycles. The molecule has 1 aliphatic heterocycles. The minimum Gasteiger partial charge on any atom is -0.309 e. The molecule has 1 aliphatic rings. The molecule has 256 valence electrons. The van der Waals surface area contributed by atoms with Gasteiger partial charge in [0.25, 0.3) is 0 Å². The van der Waals surface area contributed by atoms with Crippen molar-refractivity contribution in [2.24, 2.45) is 0 Å². The molecule has 1 atom stereocenters. The largest absolute Gasteiger partial charge is 0.309 e. The van der Waals surface area contributed by atoms with Crippen molar-refractivity contribution in [2.45, 2.75) is 4.90 Å². The second kappa shape index (κ2) is 13.6. The summed E-state index contributed by atoms with van der Waals surface area (Å²) in [5.41, 5.74) is 9.03. The molecule has 9 aromatic rings. The zero-order valence-electron chi connectivity index (χ0n) is 29.3. The lowest BCUT2D eigenvalue weighted by Crippen LogP contribution is -2.03. The maximum Gasteiger partial charge on any atom is 0.169 e. The first-order chi connectivity index (χ1) is 26.8. The third-order valence-electron chi connectivity index (χ3n) is 10.0. The van der Waals surface area contributed by atoms with Crippen molar-refractivity contribution in [3.8, 4) is 39.6 Å². The summed E-state index contributed by atoms with van der Waals surface area (Å²) < 4.78 is 2.40. The van der Waals surface area contributed by atoms with E-state index in [-0.39, 0.29) is 0 Å². The van der Waals surface area contributed by atoms with E-state index in [2.05, 4.69) is 168 Å². The van der Waals surface area contributed by atoms with Gasteiger partial charge in [0, 0.05) is 37.4 Å². The summed E-state index contributed by atoms with van der Waals surface area (Å²) in [6.45, 7) is 0. The van der Waals surface area contributed by atoms with E-state index in [0.29, 0.717) is 17.5 Å². The van der Waals surface area contributed by atoms with Crippen LogP contribution in [0.3, 0.4) is 0 Å². The standard InChI is InChI=1S/C49H34N4S/c1-6-17-34(18-7-1)37-29-30-42-41(33-37)46-40(27-16-28-43(46)53(42)38-23-12-4-13-24-38)44-31-32-45(54(44)39-25-14-5-15-26-39)49-51-47(35-19-8-2-9-20-35)50-48(52-49)36-21-10-3-11-22-36/h1-33,54H. The summed E-state index contributed by atoms with van der Waals surface area (Å²) in [6, 6.07) is 66.3. The van der Waals surface area contributed by atoms with Gasteiger partial charge >= 0.3 is 0 Å². The van der Waals surface area contributed by atoms with E-state index in [1.54, 1.807) is 0 Å². The highest BCUT2D eigenvalue weighted by molar-refractivity contribution is 8.32. The Morgan fingerprint density at radius 1 is 0.389 bits per heavy atom. The molecule has 5 heteroatoms. The molecule has 0 fully saturated rings. The smallest absolute Gasteiger partial charge is 0.169 e. The average molecular weight is 711 g/mol. The zero-order valence-corrected chi connectivity index (χ0v) is 30.2. The van der Waals surface area contributed by atoms with Crippen LogP contribution in [-0.2, 0) is 0 Å². The van der Waals surface area contributed by atoms with Crippen LogP contribution in [0.25, 0.3) is 71.2 Å². The number of hydrogen-bond donors (Lipinski definition) is 1. The molecule has 4 nitrogen and oxygen atoms in total. The quantitative estimate of drug-likeness (QED) is 0.167. The molecule has 0 amide bonds. The van der Waals surface area contributed by atoms with Crippen LogP contribution in [-0.4, -0.2) is 19.5 Å². The van der Waals surface area contributed by atoms with Gasteiger partial charge in [0.1, 0.15) is 0 Å². The van der Waals surface area contributed by atoms with Crippen LogP contribution in [0.4, 0.5) is 0 Å². The molecule has 0 bridgehead atoms. The summed E-state index contributed by atoms with van der Waals surface area (Å²) in [5, 5.41) is 2.46. The van der Waals surface area contributed by atoms with Gasteiger partial charge in [0.2, 0.25) is 0 Å². The Hall–Kier alpha value is -6.82. The Balaban J connectivity index is 1.19. The summed E-state index contributed by atoms with van der Waals surface area (Å²) in [7, 11) is -1.05. The van der Waals surface area contributed by atoms with Crippen molar-refractivity contribution in [1.29, 1.82) is 0 Å². The van der Waals surface area contributed by atoms with Gasteiger partial charge in [-0.05, 0) is 76.2 Å². The maximum atomic E-state index is 5.20. The molecule has 54 heavy (non-hydrogen) atoms. The van der Waals surface area contributed by atoms with Gasteiger partial charge in [0.05, 0.1) is 11.0 Å². The first kappa shape index (κ1) is 31.9. The van der Waals surface area contributed by atoms with E-state index in [4.69, 9.17) is 15.0 Å². The molecule has 10 rings (SSSR count). The van der Waals surface area contributed by atoms with E-state index < -0.39 is 10.9 Å². The lowest BCUT2D eigenvalue weighted by atomic mass is 10.0. The fourth-order valence-corrected chi connectivity index (χ4v) is 10.0. The van der Waals surface area contributed by atoms with Crippen molar-refractivity contribution < 1.29 is 0 Å². The maximum absolute atomic E-state index is 5.20.